The molecule has 0 aromatic heterocycles. The van der Waals surface area contributed by atoms with Crippen LogP contribution in [0, 0.1) is 6.92 Å². The van der Waals surface area contributed by atoms with E-state index in [-0.39, 0.29) is 6.04 Å². The van der Waals surface area contributed by atoms with Gasteiger partial charge in [0.1, 0.15) is 5.75 Å². The van der Waals surface area contributed by atoms with E-state index in [2.05, 4.69) is 40.3 Å². The Morgan fingerprint density at radius 2 is 1.90 bits per heavy atom. The van der Waals surface area contributed by atoms with E-state index < -0.39 is 0 Å². The minimum absolute atomic E-state index is 0.0288. The maximum atomic E-state index is 6.19. The Bertz CT molecular complexity index is 615. The van der Waals surface area contributed by atoms with Crippen LogP contribution in [0.3, 0.4) is 0 Å². The maximum Gasteiger partial charge on any atom is 0.138 e. The molecule has 0 radical (unpaired) electrons. The van der Waals surface area contributed by atoms with Gasteiger partial charge in [0.2, 0.25) is 0 Å². The lowest BCUT2D eigenvalue weighted by molar-refractivity contribution is 0.402. The predicted octanol–water partition coefficient (Wildman–Crippen LogP) is 4.73. The van der Waals surface area contributed by atoms with Gasteiger partial charge in [-0.25, -0.2) is 0 Å². The fraction of sp³-hybridized carbons (Fsp3) is 0.250. The number of rotatable bonds is 4. The Hall–Kier alpha value is -1.03. The predicted molar refractivity (Wildman–Crippen MR) is 87.8 cm³/mol. The van der Waals surface area contributed by atoms with E-state index in [0.29, 0.717) is 5.02 Å². The van der Waals surface area contributed by atoms with Crippen molar-refractivity contribution in [3.63, 3.8) is 0 Å². The number of ether oxygens (including phenoxy) is 1. The average molecular weight is 355 g/mol. The summed E-state index contributed by atoms with van der Waals surface area (Å²) < 4.78 is 6.39. The van der Waals surface area contributed by atoms with E-state index in [1.807, 2.05) is 31.3 Å². The monoisotopic (exact) mass is 353 g/mol. The summed E-state index contributed by atoms with van der Waals surface area (Å²) in [4.78, 5) is 0. The first-order valence-electron chi connectivity index (χ1n) is 6.34. The Morgan fingerprint density at radius 3 is 2.50 bits per heavy atom. The third kappa shape index (κ3) is 3.00. The van der Waals surface area contributed by atoms with Crippen molar-refractivity contribution in [1.29, 1.82) is 0 Å². The van der Waals surface area contributed by atoms with E-state index >= 15 is 0 Å². The lowest BCUT2D eigenvalue weighted by Crippen LogP contribution is -2.19. The van der Waals surface area contributed by atoms with Gasteiger partial charge in [0.25, 0.3) is 0 Å². The molecule has 2 aromatic carbocycles. The Labute approximate surface area is 133 Å². The summed E-state index contributed by atoms with van der Waals surface area (Å²) in [6, 6.07) is 12.1. The summed E-state index contributed by atoms with van der Waals surface area (Å²) in [7, 11) is 3.60. The molecule has 0 saturated heterocycles. The van der Waals surface area contributed by atoms with Gasteiger partial charge >= 0.3 is 0 Å². The standard InChI is InChI=1S/C16H17BrClNO/c1-10-6-4-5-7-12(10)15(19-2)13-8-11(18)9-14(17)16(13)20-3/h4-9,15,19H,1-3H3. The number of hydrogen-bond acceptors (Lipinski definition) is 2. The Morgan fingerprint density at radius 1 is 1.20 bits per heavy atom. The van der Waals surface area contributed by atoms with Crippen LogP contribution < -0.4 is 10.1 Å². The van der Waals surface area contributed by atoms with Crippen molar-refractivity contribution in [2.75, 3.05) is 14.2 Å². The van der Waals surface area contributed by atoms with Gasteiger partial charge in [0, 0.05) is 10.6 Å². The third-order valence-electron chi connectivity index (χ3n) is 3.34. The molecule has 0 amide bonds. The van der Waals surface area contributed by atoms with Gasteiger partial charge < -0.3 is 10.1 Å². The van der Waals surface area contributed by atoms with Crippen LogP contribution in [0.25, 0.3) is 0 Å². The minimum Gasteiger partial charge on any atom is -0.495 e. The molecule has 2 nitrogen and oxygen atoms in total. The van der Waals surface area contributed by atoms with Gasteiger partial charge in [-0.2, -0.15) is 0 Å². The number of hydrogen-bond donors (Lipinski definition) is 1. The van der Waals surface area contributed by atoms with Crippen molar-refractivity contribution in [3.8, 4) is 5.75 Å². The van der Waals surface area contributed by atoms with Crippen molar-refractivity contribution in [1.82, 2.24) is 5.32 Å². The second-order valence-corrected chi connectivity index (χ2v) is 5.88. The zero-order valence-electron chi connectivity index (χ0n) is 11.7. The molecule has 20 heavy (non-hydrogen) atoms. The highest BCUT2D eigenvalue weighted by Gasteiger charge is 2.20. The summed E-state index contributed by atoms with van der Waals surface area (Å²) in [5.74, 6) is 0.803. The molecule has 1 unspecified atom stereocenters. The van der Waals surface area contributed by atoms with Crippen molar-refractivity contribution in [2.24, 2.45) is 0 Å². The average Bonchev–Trinajstić information content (AvgIpc) is 2.41. The molecule has 4 heteroatoms. The molecule has 2 rings (SSSR count). The van der Waals surface area contributed by atoms with E-state index in [0.717, 1.165) is 15.8 Å². The molecule has 0 heterocycles. The highest BCUT2D eigenvalue weighted by molar-refractivity contribution is 9.10. The molecule has 0 aliphatic rings. The molecule has 0 fully saturated rings. The summed E-state index contributed by atoms with van der Waals surface area (Å²) >= 11 is 9.70. The van der Waals surface area contributed by atoms with E-state index in [1.54, 1.807) is 7.11 Å². The van der Waals surface area contributed by atoms with Crippen LogP contribution in [0.15, 0.2) is 40.9 Å². The topological polar surface area (TPSA) is 21.3 Å². The van der Waals surface area contributed by atoms with Crippen molar-refractivity contribution >= 4 is 27.5 Å². The normalized spacial score (nSPS) is 12.2. The lowest BCUT2D eigenvalue weighted by atomic mass is 9.94. The fourth-order valence-corrected chi connectivity index (χ4v) is 3.40. The summed E-state index contributed by atoms with van der Waals surface area (Å²) in [6.45, 7) is 2.10. The first kappa shape index (κ1) is 15.4. The number of methoxy groups -OCH3 is 1. The first-order valence-corrected chi connectivity index (χ1v) is 7.51. The second-order valence-electron chi connectivity index (χ2n) is 4.59. The van der Waals surface area contributed by atoms with E-state index in [4.69, 9.17) is 16.3 Å². The minimum atomic E-state index is 0.0288. The van der Waals surface area contributed by atoms with Gasteiger partial charge in [0.05, 0.1) is 17.6 Å². The van der Waals surface area contributed by atoms with Crippen molar-refractivity contribution in [3.05, 3.63) is 62.6 Å². The van der Waals surface area contributed by atoms with Crippen LogP contribution in [-0.4, -0.2) is 14.2 Å². The number of benzene rings is 2. The SMILES string of the molecule is CNC(c1ccccc1C)c1cc(Cl)cc(Br)c1OC. The summed E-state index contributed by atoms with van der Waals surface area (Å²) in [6.07, 6.45) is 0. The highest BCUT2D eigenvalue weighted by atomic mass is 79.9. The van der Waals surface area contributed by atoms with Gasteiger partial charge in [0.15, 0.2) is 0 Å². The van der Waals surface area contributed by atoms with Gasteiger partial charge in [-0.05, 0) is 53.2 Å². The summed E-state index contributed by atoms with van der Waals surface area (Å²) in [5.41, 5.74) is 3.45. The largest absolute Gasteiger partial charge is 0.495 e. The number of aryl methyl sites for hydroxylation is 1. The molecule has 0 aliphatic carbocycles. The van der Waals surface area contributed by atoms with E-state index in [9.17, 15) is 0 Å². The summed E-state index contributed by atoms with van der Waals surface area (Å²) in [5, 5.41) is 4.03. The lowest BCUT2D eigenvalue weighted by Gasteiger charge is -2.22. The fourth-order valence-electron chi connectivity index (χ4n) is 2.40. The number of halogens is 2. The Balaban J connectivity index is 2.61. The molecule has 0 saturated carbocycles. The van der Waals surface area contributed by atoms with E-state index in [1.165, 1.54) is 11.1 Å². The smallest absolute Gasteiger partial charge is 0.138 e. The maximum absolute atomic E-state index is 6.19. The number of nitrogens with one attached hydrogen (secondary N) is 1. The molecule has 1 N–H and O–H groups in total. The van der Waals surface area contributed by atoms with Crippen molar-refractivity contribution in [2.45, 2.75) is 13.0 Å². The molecular weight excluding hydrogens is 338 g/mol. The molecule has 106 valence electrons. The zero-order valence-corrected chi connectivity index (χ0v) is 14.0. The van der Waals surface area contributed by atoms with Crippen LogP contribution in [0.4, 0.5) is 0 Å². The van der Waals surface area contributed by atoms with Crippen LogP contribution >= 0.6 is 27.5 Å². The van der Waals surface area contributed by atoms with Crippen LogP contribution in [0.1, 0.15) is 22.7 Å². The molecule has 0 bridgehead atoms. The Kier molecular flexibility index (Phi) is 5.08. The van der Waals surface area contributed by atoms with Gasteiger partial charge in [-0.3, -0.25) is 0 Å². The zero-order chi connectivity index (χ0) is 14.7. The van der Waals surface area contributed by atoms with Crippen LogP contribution in [-0.2, 0) is 0 Å². The first-order chi connectivity index (χ1) is 9.58. The molecular formula is C16H17BrClNO. The molecule has 2 aromatic rings. The van der Waals surface area contributed by atoms with Gasteiger partial charge in [-0.1, -0.05) is 35.9 Å². The quantitative estimate of drug-likeness (QED) is 0.857. The molecule has 0 spiro atoms. The van der Waals surface area contributed by atoms with Crippen LogP contribution in [0.2, 0.25) is 5.02 Å². The molecule has 0 aliphatic heterocycles. The third-order valence-corrected chi connectivity index (χ3v) is 4.15. The van der Waals surface area contributed by atoms with Crippen LogP contribution in [0.5, 0.6) is 5.75 Å². The van der Waals surface area contributed by atoms with Gasteiger partial charge in [-0.15, -0.1) is 0 Å². The highest BCUT2D eigenvalue weighted by Crippen LogP contribution is 2.38. The molecule has 1 atom stereocenters. The van der Waals surface area contributed by atoms with Crippen molar-refractivity contribution < 1.29 is 4.74 Å². The second kappa shape index (κ2) is 6.61.